The molecule has 21 heavy (non-hydrogen) atoms. The number of anilines is 2. The Morgan fingerprint density at radius 1 is 1.10 bits per heavy atom. The van der Waals surface area contributed by atoms with Crippen molar-refractivity contribution in [3.05, 3.63) is 46.4 Å². The third-order valence-corrected chi connectivity index (χ3v) is 3.18. The number of hydrogen-bond acceptors (Lipinski definition) is 3. The molecule has 0 radical (unpaired) electrons. The van der Waals surface area contributed by atoms with Crippen molar-refractivity contribution < 1.29 is 14.6 Å². The molecule has 2 rings (SSSR count). The number of nitrogens with one attached hydrogen (secondary N) is 2. The maximum absolute atomic E-state index is 11.9. The number of methoxy groups -OCH3 is 1. The van der Waals surface area contributed by atoms with E-state index in [4.69, 9.17) is 27.9 Å². The van der Waals surface area contributed by atoms with Crippen LogP contribution in [0.25, 0.3) is 0 Å². The smallest absolute Gasteiger partial charge is 0.323 e. The maximum atomic E-state index is 11.9. The molecule has 5 nitrogen and oxygen atoms in total. The molecule has 0 spiro atoms. The first-order chi connectivity index (χ1) is 9.99. The molecule has 0 bridgehead atoms. The van der Waals surface area contributed by atoms with Gasteiger partial charge in [-0.3, -0.25) is 0 Å². The molecule has 0 saturated heterocycles. The lowest BCUT2D eigenvalue weighted by Crippen LogP contribution is -2.19. The van der Waals surface area contributed by atoms with Crippen molar-refractivity contribution in [1.29, 1.82) is 0 Å². The third-order valence-electron chi connectivity index (χ3n) is 2.60. The summed E-state index contributed by atoms with van der Waals surface area (Å²) in [5.41, 5.74) is 0.936. The Labute approximate surface area is 131 Å². The second-order valence-corrected chi connectivity index (χ2v) is 4.91. The Balaban J connectivity index is 2.08. The molecule has 7 heteroatoms. The number of benzene rings is 2. The molecule has 0 saturated carbocycles. The molecule has 0 aliphatic heterocycles. The molecular formula is C14H12Cl2N2O3. The van der Waals surface area contributed by atoms with Crippen molar-refractivity contribution in [2.45, 2.75) is 0 Å². The van der Waals surface area contributed by atoms with Crippen LogP contribution in [0.3, 0.4) is 0 Å². The summed E-state index contributed by atoms with van der Waals surface area (Å²) < 4.78 is 5.06. The fourth-order valence-corrected chi connectivity index (χ4v) is 2.12. The van der Waals surface area contributed by atoms with Gasteiger partial charge in [0, 0.05) is 17.4 Å². The van der Waals surface area contributed by atoms with E-state index in [-0.39, 0.29) is 15.8 Å². The van der Waals surface area contributed by atoms with Crippen LogP contribution in [0.2, 0.25) is 10.0 Å². The average molecular weight is 327 g/mol. The molecule has 0 aliphatic rings. The van der Waals surface area contributed by atoms with Gasteiger partial charge in [0.1, 0.15) is 5.75 Å². The van der Waals surface area contributed by atoms with E-state index in [1.54, 1.807) is 31.4 Å². The van der Waals surface area contributed by atoms with E-state index in [1.165, 1.54) is 12.1 Å². The van der Waals surface area contributed by atoms with E-state index >= 15 is 0 Å². The maximum Gasteiger partial charge on any atom is 0.323 e. The standard InChI is InChI=1S/C14H12Cl2N2O3/c1-21-10-4-2-3-8(5-10)17-14(20)18-9-6-11(15)13(19)12(16)7-9/h2-7,19H,1H3,(H2,17,18,20). The van der Waals surface area contributed by atoms with Crippen molar-refractivity contribution in [2.24, 2.45) is 0 Å². The quantitative estimate of drug-likeness (QED) is 0.734. The average Bonchev–Trinajstić information content (AvgIpc) is 2.44. The van der Waals surface area contributed by atoms with E-state index in [0.29, 0.717) is 17.1 Å². The van der Waals surface area contributed by atoms with Gasteiger partial charge in [0.2, 0.25) is 0 Å². The van der Waals surface area contributed by atoms with Gasteiger partial charge in [-0.2, -0.15) is 0 Å². The Morgan fingerprint density at radius 2 is 1.71 bits per heavy atom. The molecule has 0 unspecified atom stereocenters. The lowest BCUT2D eigenvalue weighted by molar-refractivity contribution is 0.262. The van der Waals surface area contributed by atoms with Crippen LogP contribution in [0.15, 0.2) is 36.4 Å². The number of aromatic hydroxyl groups is 1. The minimum atomic E-state index is -0.471. The highest BCUT2D eigenvalue weighted by atomic mass is 35.5. The van der Waals surface area contributed by atoms with E-state index < -0.39 is 6.03 Å². The second kappa shape index (κ2) is 6.56. The minimum Gasteiger partial charge on any atom is -0.505 e. The number of phenols is 1. The van der Waals surface area contributed by atoms with Crippen LogP contribution in [0.4, 0.5) is 16.2 Å². The molecule has 110 valence electrons. The number of amides is 2. The Bertz CT molecular complexity index is 654. The van der Waals surface area contributed by atoms with Gasteiger partial charge in [0.05, 0.1) is 17.2 Å². The first kappa shape index (κ1) is 15.3. The van der Waals surface area contributed by atoms with Gasteiger partial charge in [-0.1, -0.05) is 29.3 Å². The number of carbonyl (C=O) groups excluding carboxylic acids is 1. The first-order valence-corrected chi connectivity index (χ1v) is 6.65. The molecule has 0 aromatic heterocycles. The van der Waals surface area contributed by atoms with Crippen molar-refractivity contribution >= 4 is 40.6 Å². The predicted octanol–water partition coefficient (Wildman–Crippen LogP) is 4.35. The van der Waals surface area contributed by atoms with Gasteiger partial charge in [-0.15, -0.1) is 0 Å². The van der Waals surface area contributed by atoms with Gasteiger partial charge in [-0.25, -0.2) is 4.79 Å². The fraction of sp³-hybridized carbons (Fsp3) is 0.0714. The summed E-state index contributed by atoms with van der Waals surface area (Å²) in [6, 6.07) is 9.24. The summed E-state index contributed by atoms with van der Waals surface area (Å²) >= 11 is 11.6. The number of rotatable bonds is 3. The van der Waals surface area contributed by atoms with Crippen molar-refractivity contribution in [1.82, 2.24) is 0 Å². The molecule has 0 aliphatic carbocycles. The molecule has 2 aromatic carbocycles. The van der Waals surface area contributed by atoms with Crippen LogP contribution in [0.5, 0.6) is 11.5 Å². The van der Waals surface area contributed by atoms with Gasteiger partial charge in [-0.05, 0) is 24.3 Å². The first-order valence-electron chi connectivity index (χ1n) is 5.89. The summed E-state index contributed by atoms with van der Waals surface area (Å²) in [6.45, 7) is 0. The van der Waals surface area contributed by atoms with Gasteiger partial charge in [0.25, 0.3) is 0 Å². The molecule has 2 amide bonds. The monoisotopic (exact) mass is 326 g/mol. The number of hydrogen-bond donors (Lipinski definition) is 3. The number of halogens is 2. The number of ether oxygens (including phenoxy) is 1. The highest BCUT2D eigenvalue weighted by Crippen LogP contribution is 2.34. The zero-order chi connectivity index (χ0) is 15.4. The van der Waals surface area contributed by atoms with Crippen LogP contribution in [-0.2, 0) is 0 Å². The van der Waals surface area contributed by atoms with Crippen molar-refractivity contribution in [2.75, 3.05) is 17.7 Å². The summed E-state index contributed by atoms with van der Waals surface area (Å²) in [5, 5.41) is 14.8. The molecule has 0 fully saturated rings. The highest BCUT2D eigenvalue weighted by molar-refractivity contribution is 6.37. The van der Waals surface area contributed by atoms with Crippen molar-refractivity contribution in [3.63, 3.8) is 0 Å². The number of phenolic OH excluding ortho intramolecular Hbond substituents is 1. The van der Waals surface area contributed by atoms with Crippen LogP contribution in [0.1, 0.15) is 0 Å². The minimum absolute atomic E-state index is 0.0548. The summed E-state index contributed by atoms with van der Waals surface area (Å²) in [7, 11) is 1.54. The lowest BCUT2D eigenvalue weighted by atomic mass is 10.3. The molecule has 0 heterocycles. The SMILES string of the molecule is COc1cccc(NC(=O)Nc2cc(Cl)c(O)c(Cl)c2)c1. The summed E-state index contributed by atoms with van der Waals surface area (Å²) in [6.07, 6.45) is 0. The van der Waals surface area contributed by atoms with Crippen LogP contribution in [0, 0.1) is 0 Å². The largest absolute Gasteiger partial charge is 0.505 e. The van der Waals surface area contributed by atoms with Gasteiger partial charge >= 0.3 is 6.03 Å². The predicted molar refractivity (Wildman–Crippen MR) is 83.8 cm³/mol. The van der Waals surface area contributed by atoms with E-state index in [0.717, 1.165) is 0 Å². The Morgan fingerprint density at radius 3 is 2.33 bits per heavy atom. The second-order valence-electron chi connectivity index (χ2n) is 4.10. The Hall–Kier alpha value is -2.11. The van der Waals surface area contributed by atoms with Gasteiger partial charge in [0.15, 0.2) is 5.75 Å². The summed E-state index contributed by atoms with van der Waals surface area (Å²) in [5.74, 6) is 0.403. The molecule has 2 aromatic rings. The van der Waals surface area contributed by atoms with Crippen LogP contribution in [-0.4, -0.2) is 18.2 Å². The lowest BCUT2D eigenvalue weighted by Gasteiger charge is -2.10. The molecule has 3 N–H and O–H groups in total. The van der Waals surface area contributed by atoms with E-state index in [1.807, 2.05) is 0 Å². The molecule has 0 atom stereocenters. The summed E-state index contributed by atoms with van der Waals surface area (Å²) in [4.78, 5) is 11.9. The van der Waals surface area contributed by atoms with E-state index in [9.17, 15) is 9.90 Å². The highest BCUT2D eigenvalue weighted by Gasteiger charge is 2.09. The zero-order valence-corrected chi connectivity index (χ0v) is 12.5. The zero-order valence-electron chi connectivity index (χ0n) is 11.0. The van der Waals surface area contributed by atoms with Crippen LogP contribution < -0.4 is 15.4 Å². The van der Waals surface area contributed by atoms with Crippen LogP contribution >= 0.6 is 23.2 Å². The van der Waals surface area contributed by atoms with Gasteiger partial charge < -0.3 is 20.5 Å². The normalized spacial score (nSPS) is 10.0. The molecular weight excluding hydrogens is 315 g/mol. The topological polar surface area (TPSA) is 70.6 Å². The fourth-order valence-electron chi connectivity index (χ4n) is 1.63. The number of urea groups is 1. The van der Waals surface area contributed by atoms with Crippen molar-refractivity contribution in [3.8, 4) is 11.5 Å². The Kier molecular flexibility index (Phi) is 4.77. The number of carbonyl (C=O) groups is 1. The van der Waals surface area contributed by atoms with E-state index in [2.05, 4.69) is 10.6 Å². The third kappa shape index (κ3) is 3.93.